The molecule has 0 aromatic heterocycles. The molecule has 4 rings (SSSR count). The molecule has 7 heteroatoms. The van der Waals surface area contributed by atoms with Gasteiger partial charge >= 0.3 is 202 Å². The zero-order valence-corrected chi connectivity index (χ0v) is 19.3. The maximum absolute atomic E-state index is 12.5. The van der Waals surface area contributed by atoms with Gasteiger partial charge in [-0.1, -0.05) is 0 Å². The van der Waals surface area contributed by atoms with Crippen LogP contribution in [-0.2, 0) is 0 Å². The molecule has 0 bridgehead atoms. The molecule has 2 N–H and O–H groups in total. The number of ketones is 2. The summed E-state index contributed by atoms with van der Waals surface area (Å²) < 4.78 is 11.2. The van der Waals surface area contributed by atoms with Gasteiger partial charge in [-0.15, -0.1) is 0 Å². The number of rotatable bonds is 8. The van der Waals surface area contributed by atoms with E-state index in [0.29, 0.717) is 22.6 Å². The van der Waals surface area contributed by atoms with Crippen LogP contribution in [0, 0.1) is 0 Å². The summed E-state index contributed by atoms with van der Waals surface area (Å²) in [5.41, 5.74) is 1.31. The second-order valence-corrected chi connectivity index (χ2v) is 8.21. The number of hydrogen-bond acceptors (Lipinski definition) is 6. The number of benzene rings is 4. The van der Waals surface area contributed by atoms with Crippen LogP contribution in [0.3, 0.4) is 0 Å². The summed E-state index contributed by atoms with van der Waals surface area (Å²) in [4.78, 5) is 25.0. The summed E-state index contributed by atoms with van der Waals surface area (Å²) in [6, 6.07) is 26.2. The number of phenolic OH excluding ortho intramolecular Hbond substituents is 2. The van der Waals surface area contributed by atoms with Crippen LogP contribution in [0.1, 0.15) is 31.8 Å². The van der Waals surface area contributed by atoms with Crippen molar-refractivity contribution in [2.45, 2.75) is 0 Å². The van der Waals surface area contributed by atoms with E-state index in [-0.39, 0.29) is 34.2 Å². The van der Waals surface area contributed by atoms with E-state index in [1.165, 1.54) is 24.3 Å². The fourth-order valence-electron chi connectivity index (χ4n) is 3.08. The SMILES string of the molecule is O=C(c1ccccc1)c1ccc(O[I-]Oc2ccc(C(=O)c3ccccc3)c(O)c2)cc1O. The Hall–Kier alpha value is -3.85. The molecule has 0 unspecified atom stereocenters. The van der Waals surface area contributed by atoms with E-state index in [0.717, 1.165) is 0 Å². The molecule has 4 aromatic carbocycles. The van der Waals surface area contributed by atoms with Gasteiger partial charge in [-0.25, -0.2) is 0 Å². The van der Waals surface area contributed by atoms with Gasteiger partial charge < -0.3 is 0 Å². The van der Waals surface area contributed by atoms with E-state index in [1.54, 1.807) is 60.7 Å². The van der Waals surface area contributed by atoms with Crippen LogP contribution in [0.5, 0.6) is 23.0 Å². The molecule has 0 atom stereocenters. The first-order valence-electron chi connectivity index (χ1n) is 9.87. The Morgan fingerprint density at radius 3 is 1.33 bits per heavy atom. The first-order chi connectivity index (χ1) is 16.0. The van der Waals surface area contributed by atoms with Crippen molar-refractivity contribution >= 4 is 11.6 Å². The summed E-state index contributed by atoms with van der Waals surface area (Å²) >= 11 is -1.29. The molecular formula is C26H18IO6-. The van der Waals surface area contributed by atoms with E-state index in [2.05, 4.69) is 0 Å². The van der Waals surface area contributed by atoms with Gasteiger partial charge in [0.15, 0.2) is 0 Å². The van der Waals surface area contributed by atoms with Crippen LogP contribution < -0.4 is 28.2 Å². The standard InChI is InChI=1S/C26H18IO6/c28-23-15-19(11-13-21(23)25(30)17-7-3-1-4-8-17)32-27-33-20-12-14-22(24(29)16-20)26(31)18-9-5-2-6-10-18/h1-16,28-29H/q-1. The van der Waals surface area contributed by atoms with Gasteiger partial charge in [0.05, 0.1) is 0 Å². The molecule has 0 amide bonds. The van der Waals surface area contributed by atoms with Gasteiger partial charge in [0.25, 0.3) is 0 Å². The van der Waals surface area contributed by atoms with E-state index in [9.17, 15) is 19.8 Å². The van der Waals surface area contributed by atoms with Gasteiger partial charge in [-0.2, -0.15) is 0 Å². The molecule has 0 fully saturated rings. The average Bonchev–Trinajstić information content (AvgIpc) is 2.84. The first-order valence-corrected chi connectivity index (χ1v) is 11.6. The van der Waals surface area contributed by atoms with E-state index in [1.807, 2.05) is 12.1 Å². The monoisotopic (exact) mass is 553 g/mol. The van der Waals surface area contributed by atoms with Crippen LogP contribution in [0.25, 0.3) is 0 Å². The fraction of sp³-hybridized carbons (Fsp3) is 0. The topological polar surface area (TPSA) is 93.1 Å². The molecule has 0 aliphatic rings. The van der Waals surface area contributed by atoms with Gasteiger partial charge in [0.2, 0.25) is 0 Å². The van der Waals surface area contributed by atoms with Crippen LogP contribution in [0.4, 0.5) is 0 Å². The molecule has 0 spiro atoms. The van der Waals surface area contributed by atoms with Crippen molar-refractivity contribution in [3.05, 3.63) is 119 Å². The third-order valence-corrected chi connectivity index (χ3v) is 6.12. The van der Waals surface area contributed by atoms with Crippen LogP contribution in [-0.4, -0.2) is 21.8 Å². The zero-order valence-electron chi connectivity index (χ0n) is 17.1. The summed E-state index contributed by atoms with van der Waals surface area (Å²) in [6.07, 6.45) is 0. The number of aromatic hydroxyl groups is 2. The van der Waals surface area contributed by atoms with Crippen molar-refractivity contribution < 1.29 is 48.0 Å². The molecule has 166 valence electrons. The predicted octanol–water partition coefficient (Wildman–Crippen LogP) is 1.94. The quantitative estimate of drug-likeness (QED) is 0.256. The number of phenols is 2. The van der Waals surface area contributed by atoms with Gasteiger partial charge in [-0.3, -0.25) is 0 Å². The van der Waals surface area contributed by atoms with Gasteiger partial charge in [-0.05, 0) is 0 Å². The van der Waals surface area contributed by atoms with Gasteiger partial charge in [0.1, 0.15) is 0 Å². The normalized spacial score (nSPS) is 10.5. The Morgan fingerprint density at radius 1 is 0.576 bits per heavy atom. The molecule has 0 saturated carbocycles. The Morgan fingerprint density at radius 2 is 0.970 bits per heavy atom. The van der Waals surface area contributed by atoms with Crippen LogP contribution in [0.15, 0.2) is 97.1 Å². The molecular weight excluding hydrogens is 535 g/mol. The molecule has 0 radical (unpaired) electrons. The van der Waals surface area contributed by atoms with Crippen LogP contribution >= 0.6 is 0 Å². The summed E-state index contributed by atoms with van der Waals surface area (Å²) in [7, 11) is 0. The Balaban J connectivity index is 1.37. The molecule has 0 aliphatic heterocycles. The minimum absolute atomic E-state index is 0.177. The van der Waals surface area contributed by atoms with E-state index >= 15 is 0 Å². The predicted molar refractivity (Wildman–Crippen MR) is 117 cm³/mol. The second kappa shape index (κ2) is 10.2. The summed E-state index contributed by atoms with van der Waals surface area (Å²) in [6.45, 7) is 0. The number of carbonyl (C=O) groups excluding carboxylic acids is 2. The molecule has 0 aliphatic carbocycles. The van der Waals surface area contributed by atoms with Crippen molar-refractivity contribution in [1.29, 1.82) is 0 Å². The van der Waals surface area contributed by atoms with E-state index < -0.39 is 22.0 Å². The van der Waals surface area contributed by atoms with Crippen molar-refractivity contribution in [1.82, 2.24) is 0 Å². The zero-order chi connectivity index (χ0) is 23.2. The second-order valence-electron chi connectivity index (χ2n) is 6.97. The Kier molecular flexibility index (Phi) is 6.89. The molecule has 0 heterocycles. The number of hydrogen-bond donors (Lipinski definition) is 2. The van der Waals surface area contributed by atoms with E-state index in [4.69, 9.17) is 6.13 Å². The Bertz CT molecular complexity index is 1190. The van der Waals surface area contributed by atoms with Crippen molar-refractivity contribution in [2.24, 2.45) is 0 Å². The summed E-state index contributed by atoms with van der Waals surface area (Å²) in [5.74, 6) is -0.244. The van der Waals surface area contributed by atoms with Crippen molar-refractivity contribution in [3.8, 4) is 23.0 Å². The third kappa shape index (κ3) is 5.32. The number of carbonyl (C=O) groups is 2. The molecule has 4 aromatic rings. The number of halogens is 1. The maximum atomic E-state index is 12.5. The summed E-state index contributed by atoms with van der Waals surface area (Å²) in [5, 5.41) is 20.5. The fourth-order valence-corrected chi connectivity index (χ4v) is 4.13. The molecule has 33 heavy (non-hydrogen) atoms. The Labute approximate surface area is 201 Å². The van der Waals surface area contributed by atoms with Crippen LogP contribution in [0.2, 0.25) is 0 Å². The molecule has 6 nitrogen and oxygen atoms in total. The van der Waals surface area contributed by atoms with Crippen molar-refractivity contribution in [3.63, 3.8) is 0 Å². The first kappa shape index (κ1) is 22.3. The minimum atomic E-state index is -1.29. The third-order valence-electron chi connectivity index (χ3n) is 4.74. The van der Waals surface area contributed by atoms with Gasteiger partial charge in [0, 0.05) is 0 Å². The average molecular weight is 553 g/mol. The van der Waals surface area contributed by atoms with Crippen molar-refractivity contribution in [2.75, 3.05) is 0 Å². The molecule has 0 saturated heterocycles.